The van der Waals surface area contributed by atoms with E-state index in [1.54, 1.807) is 0 Å². The average molecular weight is 1600 g/mol. The van der Waals surface area contributed by atoms with Crippen molar-refractivity contribution in [1.82, 2.24) is 34.9 Å². The third-order valence-corrected chi connectivity index (χ3v) is 26.6. The first-order valence-corrected chi connectivity index (χ1v) is 43.0. The number of benzene rings is 17. The predicted molar refractivity (Wildman–Crippen MR) is 520 cm³/mol. The number of fused-ring (bicyclic) bond motifs is 20. The molecule has 0 saturated carbocycles. The fraction of sp³-hybridized carbons (Fsp3) is 0.0168. The van der Waals surface area contributed by atoms with E-state index in [1.165, 1.54) is 93.9 Å². The number of para-hydroxylation sites is 2. The Kier molecular flexibility index (Phi) is 16.7. The number of pyridine rings is 7. The zero-order valence-corrected chi connectivity index (χ0v) is 68.3. The average Bonchev–Trinajstić information content (AvgIpc) is 1.48. The number of nitrogens with zero attached hydrogens (tertiary/aromatic N) is 7. The topological polar surface area (TPSA) is 90.2 Å². The Labute approximate surface area is 726 Å². The lowest BCUT2D eigenvalue weighted by Gasteiger charge is -2.34. The number of hydrogen-bond donors (Lipinski definition) is 0. The van der Waals surface area contributed by atoms with Crippen molar-refractivity contribution in [2.75, 3.05) is 0 Å². The Balaban J connectivity index is 0.000000137. The van der Waals surface area contributed by atoms with Gasteiger partial charge < -0.3 is 0 Å². The predicted octanol–water partition coefficient (Wildman–Crippen LogP) is 29.4. The lowest BCUT2D eigenvalue weighted by molar-refractivity contribution is 0.769. The monoisotopic (exact) mass is 1600 g/mol. The van der Waals surface area contributed by atoms with Crippen molar-refractivity contribution in [3.8, 4) is 89.3 Å². The van der Waals surface area contributed by atoms with Crippen molar-refractivity contribution in [2.45, 2.75) is 10.8 Å². The minimum atomic E-state index is -0.494. The lowest BCUT2D eigenvalue weighted by Crippen LogP contribution is -2.28. The van der Waals surface area contributed by atoms with Gasteiger partial charge in [-0.15, -0.1) is 0 Å². The molecule has 24 aromatic rings. The summed E-state index contributed by atoms with van der Waals surface area (Å²) in [4.78, 5) is 34.7. The van der Waals surface area contributed by atoms with Crippen molar-refractivity contribution in [3.05, 3.63) is 488 Å². The highest BCUT2D eigenvalue weighted by Crippen LogP contribution is 2.60. The molecular formula is C119H73N7. The van der Waals surface area contributed by atoms with Gasteiger partial charge in [0.1, 0.15) is 0 Å². The van der Waals surface area contributed by atoms with Crippen LogP contribution in [0.3, 0.4) is 0 Å². The normalized spacial score (nSPS) is 12.9. The molecule has 0 fully saturated rings. The van der Waals surface area contributed by atoms with Gasteiger partial charge in [-0.1, -0.05) is 309 Å². The zero-order chi connectivity index (χ0) is 83.0. The molecule has 0 saturated heterocycles. The Morgan fingerprint density at radius 1 is 0.167 bits per heavy atom. The molecule has 0 bridgehead atoms. The van der Waals surface area contributed by atoms with E-state index in [-0.39, 0.29) is 0 Å². The summed E-state index contributed by atoms with van der Waals surface area (Å²) < 4.78 is 0. The van der Waals surface area contributed by atoms with E-state index in [9.17, 15) is 0 Å². The molecule has 7 nitrogen and oxygen atoms in total. The summed E-state index contributed by atoms with van der Waals surface area (Å²) in [6, 6.07) is 150. The van der Waals surface area contributed by atoms with E-state index in [4.69, 9.17) is 24.9 Å². The van der Waals surface area contributed by atoms with Crippen LogP contribution in [0.5, 0.6) is 0 Å². The maximum absolute atomic E-state index is 5.46. The summed E-state index contributed by atoms with van der Waals surface area (Å²) in [5.74, 6) is 0. The molecule has 126 heavy (non-hydrogen) atoms. The van der Waals surface area contributed by atoms with Crippen molar-refractivity contribution in [2.24, 2.45) is 0 Å². The molecular weight excluding hydrogens is 1530 g/mol. The van der Waals surface area contributed by atoms with Crippen molar-refractivity contribution >= 4 is 109 Å². The molecule has 7 heterocycles. The van der Waals surface area contributed by atoms with Crippen LogP contribution in [0.1, 0.15) is 44.5 Å². The standard InChI is InChI=1S/C60H37N3.C59H36N4/c1-3-16-45(17-4-1)60(46-18-5-2-6-19-46)54-22-9-7-20-48(54)52-36-53-51(37-55(52)60)49-21-8-10-23-56(49)63-57(53)44-14-11-13-39(35-44)40-24-25-42-34-43(27-26-41(42)33-40)47-30-32-62-59-50(47)29-28-38-15-12-31-61-58(38)59;1-3-16-43(17-4-1)59(44-18-5-2-6-19-44)52-22-9-7-20-46(52)50-34-51-49(35-53(50)59)47-21-8-10-23-55(47)63-56(51)40-14-11-13-38(31-40)42-33-41-32-39(25-27-54(41)62-36-42)45-28-30-61-58-48(45)26-24-37-15-12-29-60-57(37)58/h1-37H;1-36H. The zero-order valence-electron chi connectivity index (χ0n) is 68.3. The van der Waals surface area contributed by atoms with E-state index in [2.05, 4.69) is 410 Å². The fourth-order valence-electron chi connectivity index (χ4n) is 21.0. The van der Waals surface area contributed by atoms with Gasteiger partial charge >= 0.3 is 0 Å². The first-order valence-electron chi connectivity index (χ1n) is 43.0. The Hall–Kier alpha value is -16.6. The first kappa shape index (κ1) is 72.2. The van der Waals surface area contributed by atoms with Gasteiger partial charge in [0.05, 0.1) is 60.8 Å². The largest absolute Gasteiger partial charge is 0.256 e. The second-order valence-electron chi connectivity index (χ2n) is 33.3. The van der Waals surface area contributed by atoms with Crippen molar-refractivity contribution in [1.29, 1.82) is 0 Å². The second kappa shape index (κ2) is 29.1. The molecule has 7 aromatic heterocycles. The van der Waals surface area contributed by atoms with Gasteiger partial charge in [-0.05, 0) is 230 Å². The van der Waals surface area contributed by atoms with Crippen LogP contribution >= 0.6 is 0 Å². The van der Waals surface area contributed by atoms with Crippen LogP contribution in [0, 0.1) is 0 Å². The molecule has 2 aliphatic carbocycles. The molecule has 584 valence electrons. The van der Waals surface area contributed by atoms with Gasteiger partial charge in [-0.3, -0.25) is 24.9 Å². The van der Waals surface area contributed by atoms with Crippen molar-refractivity contribution in [3.63, 3.8) is 0 Å². The smallest absolute Gasteiger partial charge is 0.0970 e. The lowest BCUT2D eigenvalue weighted by atomic mass is 9.67. The Bertz CT molecular complexity index is 8530. The van der Waals surface area contributed by atoms with E-state index < -0.39 is 10.8 Å². The molecule has 7 heteroatoms. The maximum atomic E-state index is 5.46. The number of hydrogen-bond acceptors (Lipinski definition) is 7. The minimum absolute atomic E-state index is 0.484. The molecule has 17 aromatic carbocycles. The molecule has 26 rings (SSSR count). The highest BCUT2D eigenvalue weighted by Gasteiger charge is 2.48. The molecule has 2 aliphatic rings. The SMILES string of the molecule is c1ccc(C2(c3ccccc3)c3ccccc3-c3cc4c(-c5cccc(-c6ccc7cc(-c8ccnc9c8ccc8cccnc89)ccc7c6)c5)nc5ccccc5c4cc32)cc1.c1ccc(C2(c3ccccc3)c3ccccc3-c3cc4c(-c5cccc(-c6cnc7ccc(-c8ccnc9c8ccc8cccnc89)cc7c6)c5)nc5ccccc5c4cc32)cc1. The van der Waals surface area contributed by atoms with E-state index in [0.29, 0.717) is 0 Å². The van der Waals surface area contributed by atoms with Crippen LogP contribution in [0.4, 0.5) is 0 Å². The fourth-order valence-corrected chi connectivity index (χ4v) is 21.0. The quantitative estimate of drug-likeness (QED) is 0.126. The minimum Gasteiger partial charge on any atom is -0.256 e. The summed E-state index contributed by atoms with van der Waals surface area (Å²) in [5, 5.41) is 14.8. The van der Waals surface area contributed by atoms with Gasteiger partial charge in [-0.2, -0.15) is 0 Å². The number of rotatable bonds is 10. The highest BCUT2D eigenvalue weighted by molar-refractivity contribution is 6.17. The van der Waals surface area contributed by atoms with Crippen LogP contribution in [-0.2, 0) is 10.8 Å². The molecule has 0 aliphatic heterocycles. The molecule has 0 unspecified atom stereocenters. The van der Waals surface area contributed by atoms with E-state index in [1.807, 2.05) is 43.1 Å². The van der Waals surface area contributed by atoms with Crippen LogP contribution in [-0.4, -0.2) is 34.9 Å². The van der Waals surface area contributed by atoms with Gasteiger partial charge in [0, 0.05) is 96.2 Å². The highest BCUT2D eigenvalue weighted by atomic mass is 14.8. The molecule has 0 amide bonds. The summed E-state index contributed by atoms with van der Waals surface area (Å²) in [6.07, 6.45) is 9.45. The molecule has 0 atom stereocenters. The van der Waals surface area contributed by atoms with Gasteiger partial charge in [-0.25, -0.2) is 9.97 Å². The summed E-state index contributed by atoms with van der Waals surface area (Å²) in [7, 11) is 0. The third-order valence-electron chi connectivity index (χ3n) is 26.6. The van der Waals surface area contributed by atoms with Crippen LogP contribution < -0.4 is 0 Å². The van der Waals surface area contributed by atoms with Gasteiger partial charge in [0.15, 0.2) is 0 Å². The van der Waals surface area contributed by atoms with Crippen LogP contribution in [0.15, 0.2) is 443 Å². The summed E-state index contributed by atoms with van der Waals surface area (Å²) in [6.45, 7) is 0. The summed E-state index contributed by atoms with van der Waals surface area (Å²) >= 11 is 0. The van der Waals surface area contributed by atoms with Gasteiger partial charge in [0.2, 0.25) is 0 Å². The molecule has 0 N–H and O–H groups in total. The number of aromatic nitrogens is 7. The molecule has 0 radical (unpaired) electrons. The van der Waals surface area contributed by atoms with E-state index >= 15 is 0 Å². The van der Waals surface area contributed by atoms with Gasteiger partial charge in [0.25, 0.3) is 0 Å². The van der Waals surface area contributed by atoms with Crippen LogP contribution in [0.2, 0.25) is 0 Å². The second-order valence-corrected chi connectivity index (χ2v) is 33.3. The maximum Gasteiger partial charge on any atom is 0.0970 e. The first-order chi connectivity index (χ1) is 62.4. The molecule has 0 spiro atoms. The van der Waals surface area contributed by atoms with Crippen LogP contribution in [0.25, 0.3) is 198 Å². The Morgan fingerprint density at radius 3 is 1.06 bits per heavy atom. The third kappa shape index (κ3) is 11.3. The Morgan fingerprint density at radius 2 is 0.556 bits per heavy atom. The summed E-state index contributed by atoms with van der Waals surface area (Å²) in [5.41, 5.74) is 33.9. The van der Waals surface area contributed by atoms with E-state index in [0.717, 1.165) is 149 Å². The van der Waals surface area contributed by atoms with Crippen molar-refractivity contribution < 1.29 is 0 Å².